The van der Waals surface area contributed by atoms with E-state index in [1.54, 1.807) is 12.5 Å². The Labute approximate surface area is 105 Å². The third kappa shape index (κ3) is 3.61. The molecule has 5 nitrogen and oxygen atoms in total. The molecule has 0 bridgehead atoms. The van der Waals surface area contributed by atoms with Gasteiger partial charge in [0.2, 0.25) is 0 Å². The summed E-state index contributed by atoms with van der Waals surface area (Å²) in [6.45, 7) is 1.61. The number of nitrogens with one attached hydrogen (secondary N) is 2. The third-order valence-corrected chi connectivity index (χ3v) is 2.43. The zero-order valence-corrected chi connectivity index (χ0v) is 9.89. The Bertz CT molecular complexity index is 499. The van der Waals surface area contributed by atoms with E-state index >= 15 is 0 Å². The molecule has 1 aromatic carbocycles. The van der Waals surface area contributed by atoms with Crippen LogP contribution < -0.4 is 10.1 Å². The summed E-state index contributed by atoms with van der Waals surface area (Å²) in [6, 6.07) is 9.63. The SMILES string of the molecule is N#CCOc1ccc(CNCc2cnc[nH]2)cc1. The highest BCUT2D eigenvalue weighted by Gasteiger charge is 1.96. The van der Waals surface area contributed by atoms with Gasteiger partial charge in [0.1, 0.15) is 11.8 Å². The van der Waals surface area contributed by atoms with Gasteiger partial charge in [0.05, 0.1) is 6.33 Å². The molecule has 5 heteroatoms. The van der Waals surface area contributed by atoms with Crippen molar-refractivity contribution in [3.8, 4) is 11.8 Å². The molecule has 2 rings (SSSR count). The van der Waals surface area contributed by atoms with E-state index in [9.17, 15) is 0 Å². The molecule has 1 aromatic heterocycles. The van der Waals surface area contributed by atoms with Gasteiger partial charge in [-0.25, -0.2) is 4.98 Å². The number of nitriles is 1. The van der Waals surface area contributed by atoms with E-state index < -0.39 is 0 Å². The maximum absolute atomic E-state index is 8.40. The summed E-state index contributed by atoms with van der Waals surface area (Å²) in [5.41, 5.74) is 2.22. The zero-order valence-electron chi connectivity index (χ0n) is 9.89. The van der Waals surface area contributed by atoms with E-state index in [-0.39, 0.29) is 6.61 Å². The predicted molar refractivity (Wildman–Crippen MR) is 66.7 cm³/mol. The number of H-pyrrole nitrogens is 1. The van der Waals surface area contributed by atoms with Gasteiger partial charge < -0.3 is 15.0 Å². The van der Waals surface area contributed by atoms with Crippen molar-refractivity contribution in [1.29, 1.82) is 5.26 Å². The molecule has 0 spiro atoms. The Morgan fingerprint density at radius 2 is 2.11 bits per heavy atom. The lowest BCUT2D eigenvalue weighted by Gasteiger charge is -2.05. The molecule has 2 aromatic rings. The van der Waals surface area contributed by atoms with E-state index in [0.29, 0.717) is 5.75 Å². The zero-order chi connectivity index (χ0) is 12.6. The number of nitrogens with zero attached hydrogens (tertiary/aromatic N) is 2. The second-order valence-electron chi connectivity index (χ2n) is 3.77. The van der Waals surface area contributed by atoms with Crippen LogP contribution in [0.3, 0.4) is 0 Å². The van der Waals surface area contributed by atoms with Crippen LogP contribution in [0.1, 0.15) is 11.3 Å². The highest BCUT2D eigenvalue weighted by atomic mass is 16.5. The molecule has 0 amide bonds. The summed E-state index contributed by atoms with van der Waals surface area (Å²) in [4.78, 5) is 6.98. The maximum atomic E-state index is 8.40. The molecule has 0 aliphatic heterocycles. The van der Waals surface area contributed by atoms with Crippen molar-refractivity contribution in [1.82, 2.24) is 15.3 Å². The predicted octanol–water partition coefficient (Wildman–Crippen LogP) is 1.60. The summed E-state index contributed by atoms with van der Waals surface area (Å²) in [6.07, 6.45) is 3.46. The van der Waals surface area contributed by atoms with E-state index in [1.807, 2.05) is 30.3 Å². The quantitative estimate of drug-likeness (QED) is 0.807. The van der Waals surface area contributed by atoms with Gasteiger partial charge in [-0.2, -0.15) is 5.26 Å². The van der Waals surface area contributed by atoms with Crippen molar-refractivity contribution in [2.45, 2.75) is 13.1 Å². The number of aromatic amines is 1. The Morgan fingerprint density at radius 1 is 1.28 bits per heavy atom. The minimum Gasteiger partial charge on any atom is -0.479 e. The number of aromatic nitrogens is 2. The fourth-order valence-corrected chi connectivity index (χ4v) is 1.54. The second-order valence-corrected chi connectivity index (χ2v) is 3.77. The lowest BCUT2D eigenvalue weighted by molar-refractivity contribution is 0.368. The van der Waals surface area contributed by atoms with Gasteiger partial charge in [-0.05, 0) is 17.7 Å². The number of ether oxygens (including phenoxy) is 1. The number of hydrogen-bond acceptors (Lipinski definition) is 4. The topological polar surface area (TPSA) is 73.7 Å². The van der Waals surface area contributed by atoms with Crippen LogP contribution in [0.15, 0.2) is 36.8 Å². The number of hydrogen-bond donors (Lipinski definition) is 2. The molecular formula is C13H14N4O. The first-order chi connectivity index (χ1) is 8.88. The van der Waals surface area contributed by atoms with Crippen LogP contribution in [0.5, 0.6) is 5.75 Å². The molecule has 0 radical (unpaired) electrons. The van der Waals surface area contributed by atoms with Gasteiger partial charge in [-0.15, -0.1) is 0 Å². The molecule has 0 atom stereocenters. The molecule has 18 heavy (non-hydrogen) atoms. The van der Waals surface area contributed by atoms with Gasteiger partial charge in [-0.3, -0.25) is 0 Å². The number of imidazole rings is 1. The summed E-state index contributed by atoms with van der Waals surface area (Å²) in [7, 11) is 0. The normalized spacial score (nSPS) is 9.94. The first-order valence-corrected chi connectivity index (χ1v) is 5.65. The maximum Gasteiger partial charge on any atom is 0.174 e. The minimum atomic E-state index is 0.0808. The van der Waals surface area contributed by atoms with Gasteiger partial charge in [0, 0.05) is 25.0 Å². The molecular weight excluding hydrogens is 228 g/mol. The van der Waals surface area contributed by atoms with Crippen molar-refractivity contribution in [3.63, 3.8) is 0 Å². The number of benzene rings is 1. The van der Waals surface area contributed by atoms with Crippen molar-refractivity contribution in [2.75, 3.05) is 6.61 Å². The van der Waals surface area contributed by atoms with E-state index in [2.05, 4.69) is 15.3 Å². The molecule has 0 saturated heterocycles. The Kier molecular flexibility index (Phi) is 4.33. The van der Waals surface area contributed by atoms with Gasteiger partial charge in [-0.1, -0.05) is 12.1 Å². The first kappa shape index (κ1) is 12.1. The van der Waals surface area contributed by atoms with E-state index in [1.165, 1.54) is 5.56 Å². The van der Waals surface area contributed by atoms with Crippen LogP contribution in [0.25, 0.3) is 0 Å². The van der Waals surface area contributed by atoms with Crippen molar-refractivity contribution >= 4 is 0 Å². The van der Waals surface area contributed by atoms with Crippen LogP contribution in [-0.4, -0.2) is 16.6 Å². The summed E-state index contributed by atoms with van der Waals surface area (Å²) in [5.74, 6) is 0.717. The lowest BCUT2D eigenvalue weighted by Crippen LogP contribution is -2.12. The van der Waals surface area contributed by atoms with E-state index in [0.717, 1.165) is 18.8 Å². The molecule has 0 saturated carbocycles. The van der Waals surface area contributed by atoms with Gasteiger partial charge >= 0.3 is 0 Å². The fraction of sp³-hybridized carbons (Fsp3) is 0.231. The standard InChI is InChI=1S/C13H14N4O/c14-5-6-18-13-3-1-11(2-4-13)7-15-8-12-9-16-10-17-12/h1-4,9-10,15H,6-8H2,(H,16,17). The number of rotatable bonds is 6. The largest absolute Gasteiger partial charge is 0.479 e. The van der Waals surface area contributed by atoms with Crippen molar-refractivity contribution in [2.24, 2.45) is 0 Å². The fourth-order valence-electron chi connectivity index (χ4n) is 1.54. The average molecular weight is 242 g/mol. The van der Waals surface area contributed by atoms with Crippen molar-refractivity contribution in [3.05, 3.63) is 48.0 Å². The minimum absolute atomic E-state index is 0.0808. The van der Waals surface area contributed by atoms with Crippen LogP contribution in [-0.2, 0) is 13.1 Å². The smallest absolute Gasteiger partial charge is 0.174 e. The van der Waals surface area contributed by atoms with Crippen LogP contribution in [0, 0.1) is 11.3 Å². The van der Waals surface area contributed by atoms with Crippen LogP contribution in [0.4, 0.5) is 0 Å². The summed E-state index contributed by atoms with van der Waals surface area (Å²) >= 11 is 0. The Morgan fingerprint density at radius 3 is 2.78 bits per heavy atom. The Hall–Kier alpha value is -2.32. The van der Waals surface area contributed by atoms with Gasteiger partial charge in [0.25, 0.3) is 0 Å². The van der Waals surface area contributed by atoms with Crippen LogP contribution >= 0.6 is 0 Å². The molecule has 1 heterocycles. The van der Waals surface area contributed by atoms with Gasteiger partial charge in [0.15, 0.2) is 6.61 Å². The summed E-state index contributed by atoms with van der Waals surface area (Å²) < 4.78 is 5.18. The average Bonchev–Trinajstić information content (AvgIpc) is 2.91. The summed E-state index contributed by atoms with van der Waals surface area (Å²) in [5, 5.41) is 11.7. The first-order valence-electron chi connectivity index (χ1n) is 5.65. The third-order valence-electron chi connectivity index (χ3n) is 2.43. The Balaban J connectivity index is 1.78. The lowest BCUT2D eigenvalue weighted by atomic mass is 10.2. The second kappa shape index (κ2) is 6.42. The molecule has 0 unspecified atom stereocenters. The van der Waals surface area contributed by atoms with Crippen LogP contribution in [0.2, 0.25) is 0 Å². The monoisotopic (exact) mass is 242 g/mol. The molecule has 0 fully saturated rings. The molecule has 92 valence electrons. The molecule has 0 aliphatic rings. The highest BCUT2D eigenvalue weighted by Crippen LogP contribution is 2.11. The van der Waals surface area contributed by atoms with E-state index in [4.69, 9.17) is 10.00 Å². The highest BCUT2D eigenvalue weighted by molar-refractivity contribution is 5.27. The molecule has 2 N–H and O–H groups in total. The molecule has 0 aliphatic carbocycles. The van der Waals surface area contributed by atoms with Crippen molar-refractivity contribution < 1.29 is 4.74 Å².